The Kier molecular flexibility index (Phi) is 7.77. The molecule has 4 aromatic carbocycles. The molecule has 0 saturated carbocycles. The number of hydrogen-bond acceptors (Lipinski definition) is 5. The Morgan fingerprint density at radius 2 is 1.55 bits per heavy atom. The van der Waals surface area contributed by atoms with Gasteiger partial charge in [0.05, 0.1) is 5.69 Å². The molecular weight excluding hydrogens is 548 g/mol. The number of carbonyl (C=O) groups excluding carboxylic acids is 1. The van der Waals surface area contributed by atoms with Gasteiger partial charge in [0.25, 0.3) is 5.56 Å². The van der Waals surface area contributed by atoms with Gasteiger partial charge in [-0.3, -0.25) is 18.7 Å². The van der Waals surface area contributed by atoms with Crippen LogP contribution in [-0.4, -0.2) is 38.6 Å². The van der Waals surface area contributed by atoms with E-state index in [-0.39, 0.29) is 16.9 Å². The Hall–Kier alpha value is -4.85. The minimum atomic E-state index is -0.310. The highest BCUT2D eigenvalue weighted by Gasteiger charge is 2.19. The normalized spacial score (nSPS) is 11.2. The number of methoxy groups -OCH3 is 1. The van der Waals surface area contributed by atoms with E-state index in [1.165, 1.54) is 0 Å². The molecule has 0 aliphatic rings. The molecule has 0 aliphatic heterocycles. The topological polar surface area (TPSA) is 79.0 Å². The minimum absolute atomic E-state index is 0.0237. The summed E-state index contributed by atoms with van der Waals surface area (Å²) in [7, 11) is 1.62. The summed E-state index contributed by atoms with van der Waals surface area (Å²) in [6.07, 6.45) is 2.60. The number of ether oxygens (including phenoxy) is 1. The number of halogens is 1. The van der Waals surface area contributed by atoms with Gasteiger partial charge in [-0.15, -0.1) is 0 Å². The standard InChI is InChI=1S/C34H27ClN4O3/c1-42-20-6-11-30(40)26-9-5-10-29(21-26)38-22-36-31-33(38)37-32(39(34(31)41)28-18-16-27(35)17-19-28)25-14-12-24(13-15-25)23-7-3-2-4-8-23/h2-5,7-10,12-19,21-22H,6,11,20H2,1H3. The molecule has 7 nitrogen and oxygen atoms in total. The highest BCUT2D eigenvalue weighted by molar-refractivity contribution is 6.30. The van der Waals surface area contributed by atoms with E-state index < -0.39 is 0 Å². The molecule has 0 amide bonds. The first-order valence-corrected chi connectivity index (χ1v) is 14.0. The average Bonchev–Trinajstić information content (AvgIpc) is 3.47. The number of imidazole rings is 1. The smallest absolute Gasteiger partial charge is 0.286 e. The number of nitrogens with zero attached hydrogens (tertiary/aromatic N) is 4. The van der Waals surface area contributed by atoms with Crippen molar-refractivity contribution >= 4 is 28.5 Å². The van der Waals surface area contributed by atoms with Crippen molar-refractivity contribution in [1.29, 1.82) is 0 Å². The Morgan fingerprint density at radius 1 is 0.833 bits per heavy atom. The van der Waals surface area contributed by atoms with Crippen molar-refractivity contribution in [2.75, 3.05) is 13.7 Å². The van der Waals surface area contributed by atoms with Gasteiger partial charge in [0, 0.05) is 42.0 Å². The summed E-state index contributed by atoms with van der Waals surface area (Å²) in [5, 5.41) is 0.565. The van der Waals surface area contributed by atoms with E-state index in [1.807, 2.05) is 54.6 Å². The van der Waals surface area contributed by atoms with Gasteiger partial charge in [0.15, 0.2) is 16.9 Å². The molecule has 8 heteroatoms. The van der Waals surface area contributed by atoms with E-state index >= 15 is 0 Å². The fraction of sp³-hybridized carbons (Fsp3) is 0.118. The summed E-state index contributed by atoms with van der Waals surface area (Å²) in [5.41, 5.74) is 5.11. The molecule has 0 saturated heterocycles. The van der Waals surface area contributed by atoms with Crippen molar-refractivity contribution < 1.29 is 9.53 Å². The van der Waals surface area contributed by atoms with Gasteiger partial charge in [-0.05, 0) is 53.9 Å². The summed E-state index contributed by atoms with van der Waals surface area (Å²) in [5.74, 6) is 0.485. The van der Waals surface area contributed by atoms with E-state index in [4.69, 9.17) is 21.3 Å². The van der Waals surface area contributed by atoms with E-state index in [9.17, 15) is 9.59 Å². The third kappa shape index (κ3) is 5.40. The van der Waals surface area contributed by atoms with Gasteiger partial charge in [0.1, 0.15) is 12.2 Å². The summed E-state index contributed by atoms with van der Waals surface area (Å²) < 4.78 is 8.39. The van der Waals surface area contributed by atoms with E-state index in [0.717, 1.165) is 16.7 Å². The highest BCUT2D eigenvalue weighted by Crippen LogP contribution is 2.27. The van der Waals surface area contributed by atoms with Crippen LogP contribution >= 0.6 is 11.6 Å². The van der Waals surface area contributed by atoms with Crippen molar-refractivity contribution in [2.45, 2.75) is 12.8 Å². The van der Waals surface area contributed by atoms with Gasteiger partial charge >= 0.3 is 0 Å². The van der Waals surface area contributed by atoms with Crippen molar-refractivity contribution in [3.05, 3.63) is 130 Å². The fourth-order valence-corrected chi connectivity index (χ4v) is 5.08. The van der Waals surface area contributed by atoms with Gasteiger partial charge in [-0.1, -0.05) is 78.3 Å². The van der Waals surface area contributed by atoms with Gasteiger partial charge in [-0.2, -0.15) is 0 Å². The van der Waals surface area contributed by atoms with Crippen LogP contribution in [0.15, 0.2) is 114 Å². The lowest BCUT2D eigenvalue weighted by Crippen LogP contribution is -2.22. The third-order valence-electron chi connectivity index (χ3n) is 7.11. The van der Waals surface area contributed by atoms with Crippen LogP contribution in [0.5, 0.6) is 0 Å². The van der Waals surface area contributed by atoms with Crippen LogP contribution in [-0.2, 0) is 4.74 Å². The SMILES string of the molecule is COCCCC(=O)c1cccc(-n2cnc3c(=O)n(-c4ccc(Cl)cc4)c(-c4ccc(-c5ccccc5)cc4)nc32)c1. The third-order valence-corrected chi connectivity index (χ3v) is 7.36. The van der Waals surface area contributed by atoms with Crippen molar-refractivity contribution in [2.24, 2.45) is 0 Å². The number of rotatable bonds is 9. The highest BCUT2D eigenvalue weighted by atomic mass is 35.5. The summed E-state index contributed by atoms with van der Waals surface area (Å²) >= 11 is 6.16. The molecule has 2 aromatic heterocycles. The molecule has 0 aliphatic carbocycles. The molecule has 208 valence electrons. The largest absolute Gasteiger partial charge is 0.385 e. The summed E-state index contributed by atoms with van der Waals surface area (Å²) in [6, 6.07) is 32.4. The first-order valence-electron chi connectivity index (χ1n) is 13.6. The maximum atomic E-state index is 14.0. The molecule has 2 heterocycles. The van der Waals surface area contributed by atoms with Crippen LogP contribution in [0, 0.1) is 0 Å². The molecule has 0 fully saturated rings. The Bertz CT molecular complexity index is 1930. The monoisotopic (exact) mass is 574 g/mol. The molecule has 0 bridgehead atoms. The molecule has 0 radical (unpaired) electrons. The van der Waals surface area contributed by atoms with E-state index in [0.29, 0.717) is 52.9 Å². The second-order valence-corrected chi connectivity index (χ2v) is 10.3. The molecule has 42 heavy (non-hydrogen) atoms. The van der Waals surface area contributed by atoms with Crippen molar-refractivity contribution in [3.8, 4) is 33.9 Å². The minimum Gasteiger partial charge on any atom is -0.385 e. The Morgan fingerprint density at radius 3 is 2.29 bits per heavy atom. The molecule has 0 atom stereocenters. The number of fused-ring (bicyclic) bond motifs is 1. The Balaban J connectivity index is 1.49. The lowest BCUT2D eigenvalue weighted by Gasteiger charge is -2.14. The molecular formula is C34H27ClN4O3. The zero-order valence-corrected chi connectivity index (χ0v) is 23.7. The lowest BCUT2D eigenvalue weighted by molar-refractivity contribution is 0.0963. The number of aromatic nitrogens is 4. The number of carbonyl (C=O) groups is 1. The second kappa shape index (κ2) is 11.9. The molecule has 0 N–H and O–H groups in total. The number of ketones is 1. The average molecular weight is 575 g/mol. The van der Waals surface area contributed by atoms with Crippen molar-refractivity contribution in [1.82, 2.24) is 19.1 Å². The van der Waals surface area contributed by atoms with Gasteiger partial charge in [-0.25, -0.2) is 9.97 Å². The fourth-order valence-electron chi connectivity index (χ4n) is 4.96. The van der Waals surface area contributed by atoms with E-state index in [2.05, 4.69) is 17.1 Å². The number of benzene rings is 4. The number of hydrogen-bond donors (Lipinski definition) is 0. The van der Waals surface area contributed by atoms with Crippen molar-refractivity contribution in [3.63, 3.8) is 0 Å². The van der Waals surface area contributed by atoms with Crippen LogP contribution in [0.4, 0.5) is 0 Å². The van der Waals surface area contributed by atoms with Crippen LogP contribution in [0.3, 0.4) is 0 Å². The van der Waals surface area contributed by atoms with Crippen LogP contribution < -0.4 is 5.56 Å². The van der Waals surface area contributed by atoms with Crippen LogP contribution in [0.2, 0.25) is 5.02 Å². The zero-order chi connectivity index (χ0) is 29.1. The first kappa shape index (κ1) is 27.3. The predicted octanol–water partition coefficient (Wildman–Crippen LogP) is 7.17. The maximum absolute atomic E-state index is 14.0. The van der Waals surface area contributed by atoms with Crippen LogP contribution in [0.1, 0.15) is 23.2 Å². The second-order valence-electron chi connectivity index (χ2n) is 9.85. The zero-order valence-electron chi connectivity index (χ0n) is 22.9. The Labute approximate surface area is 247 Å². The maximum Gasteiger partial charge on any atom is 0.286 e. The first-order chi connectivity index (χ1) is 20.5. The summed E-state index contributed by atoms with van der Waals surface area (Å²) in [4.78, 5) is 36.3. The van der Waals surface area contributed by atoms with Gasteiger partial charge < -0.3 is 4.74 Å². The summed E-state index contributed by atoms with van der Waals surface area (Å²) in [6.45, 7) is 0.524. The molecule has 6 aromatic rings. The lowest BCUT2D eigenvalue weighted by atomic mass is 10.0. The number of Topliss-reactive ketones (excluding diaryl/α,β-unsaturated/α-hetero) is 1. The molecule has 6 rings (SSSR count). The van der Waals surface area contributed by atoms with Crippen LogP contribution in [0.25, 0.3) is 45.1 Å². The van der Waals surface area contributed by atoms with E-state index in [1.54, 1.807) is 59.0 Å². The van der Waals surface area contributed by atoms with Gasteiger partial charge in [0.2, 0.25) is 0 Å². The molecule has 0 spiro atoms. The predicted molar refractivity (Wildman–Crippen MR) is 166 cm³/mol. The quantitative estimate of drug-likeness (QED) is 0.135. The molecule has 0 unspecified atom stereocenters.